The molecule has 1 aromatic rings. The van der Waals surface area contributed by atoms with Crippen LogP contribution in [0.1, 0.15) is 26.7 Å². The van der Waals surface area contributed by atoms with Gasteiger partial charge < -0.3 is 18.5 Å². The Morgan fingerprint density at radius 3 is 3.07 bits per heavy atom. The number of anilines is 1. The molecule has 4 heterocycles. The maximum atomic E-state index is 12.3. The molecule has 0 saturated carbocycles. The Bertz CT molecular complexity index is 886. The molecule has 5 atom stereocenters. The molecule has 4 aliphatic heterocycles. The van der Waals surface area contributed by atoms with Gasteiger partial charge in [0.2, 0.25) is 5.91 Å². The van der Waals surface area contributed by atoms with Crippen molar-refractivity contribution in [2.45, 2.75) is 50.6 Å². The lowest BCUT2D eigenvalue weighted by atomic mass is 10.1. The lowest BCUT2D eigenvalue weighted by Crippen LogP contribution is -2.40. The van der Waals surface area contributed by atoms with Gasteiger partial charge in [0.05, 0.1) is 35.8 Å². The highest BCUT2D eigenvalue weighted by Crippen LogP contribution is 2.58. The molecule has 0 aliphatic carbocycles. The van der Waals surface area contributed by atoms with Crippen LogP contribution in [0.25, 0.3) is 0 Å². The summed E-state index contributed by atoms with van der Waals surface area (Å²) in [6.07, 6.45) is 1.31. The number of allylic oxidation sites excluding steroid dienone is 1. The topological polar surface area (TPSA) is 68.3 Å². The fourth-order valence-electron chi connectivity index (χ4n) is 4.01. The first-order valence-electron chi connectivity index (χ1n) is 9.89. The molecule has 1 amide bonds. The van der Waals surface area contributed by atoms with Gasteiger partial charge in [-0.05, 0) is 40.9 Å². The van der Waals surface area contributed by atoms with E-state index >= 15 is 0 Å². The van der Waals surface area contributed by atoms with Gasteiger partial charge in [0, 0.05) is 19.7 Å². The van der Waals surface area contributed by atoms with Crippen molar-refractivity contribution in [3.8, 4) is 0 Å². The number of rotatable bonds is 3. The average molecular weight is 468 g/mol. The van der Waals surface area contributed by atoms with Crippen molar-refractivity contribution < 1.29 is 24.7 Å². The Hall–Kier alpha value is -1.31. The van der Waals surface area contributed by atoms with Crippen LogP contribution >= 0.6 is 24.5 Å². The third-order valence-corrected chi connectivity index (χ3v) is 7.79. The van der Waals surface area contributed by atoms with Crippen LogP contribution in [0.3, 0.4) is 0 Å². The summed E-state index contributed by atoms with van der Waals surface area (Å²) in [4.78, 5) is 25.5. The molecule has 0 radical (unpaired) electrons. The summed E-state index contributed by atoms with van der Waals surface area (Å²) < 4.78 is 28.7. The van der Waals surface area contributed by atoms with Gasteiger partial charge in [-0.15, -0.1) is 0 Å². The van der Waals surface area contributed by atoms with Crippen LogP contribution in [0.5, 0.6) is 0 Å². The number of carbonyl (C=O) groups excluding carboxylic acids is 2. The van der Waals surface area contributed by atoms with E-state index in [4.69, 9.17) is 15.2 Å². The van der Waals surface area contributed by atoms with E-state index in [0.717, 1.165) is 12.1 Å². The second-order valence-corrected chi connectivity index (χ2v) is 9.48. The number of amides is 1. The highest BCUT2D eigenvalue weighted by molar-refractivity contribution is 9.12. The first kappa shape index (κ1) is 17.5. The number of fused-ring (bicyclic) bond motifs is 3. The summed E-state index contributed by atoms with van der Waals surface area (Å²) in [5, 5.41) is 0. The molecule has 7 nitrogen and oxygen atoms in total. The predicted octanol–water partition coefficient (Wildman–Crippen LogP) is 3.23. The molecule has 9 heteroatoms. The van der Waals surface area contributed by atoms with Crippen molar-refractivity contribution in [3.05, 3.63) is 40.5 Å². The minimum Gasteiger partial charge on any atom is -0.352 e. The number of carbonyl (C=O) groups is 2. The van der Waals surface area contributed by atoms with Crippen LogP contribution in [-0.4, -0.2) is 47.7 Å². The second kappa shape index (κ2) is 7.18. The molecule has 4 aliphatic rings. The quantitative estimate of drug-likeness (QED) is 0.502. The van der Waals surface area contributed by atoms with Gasteiger partial charge in [0.15, 0.2) is 5.78 Å². The number of ketones is 1. The molecular formula is C19H20BrN2O5P. The van der Waals surface area contributed by atoms with Gasteiger partial charge in [-0.25, -0.2) is 0 Å². The Morgan fingerprint density at radius 2 is 2.21 bits per heavy atom. The molecule has 148 valence electrons. The van der Waals surface area contributed by atoms with E-state index in [9.17, 15) is 9.59 Å². The minimum atomic E-state index is -1.29. The standard InChI is InChI=1S/C19H20BrN2O5P/c1-11-17(8-19(26-11)21-9-14(20)16(23)7-18(21)24)27-28-22-13(10-25-28)6-12-4-2-3-5-15(12)22/h2-5,9,11,13,17,19H,6-8,10H2,1H3/t11?,13-,17?,19?,28+/m0/s1/i1D. The molecule has 2 saturated heterocycles. The van der Waals surface area contributed by atoms with Crippen molar-refractivity contribution in [3.63, 3.8) is 0 Å². The van der Waals surface area contributed by atoms with Gasteiger partial charge in [-0.2, -0.15) is 0 Å². The zero-order valence-corrected chi connectivity index (χ0v) is 17.5. The fourth-order valence-corrected chi connectivity index (χ4v) is 6.20. The highest BCUT2D eigenvalue weighted by Gasteiger charge is 2.47. The summed E-state index contributed by atoms with van der Waals surface area (Å²) in [5.41, 5.74) is 2.45. The van der Waals surface area contributed by atoms with E-state index in [-0.39, 0.29) is 37.2 Å². The fraction of sp³-hybridized carbons (Fsp3) is 0.474. The predicted molar refractivity (Wildman–Crippen MR) is 107 cm³/mol. The van der Waals surface area contributed by atoms with E-state index in [1.54, 1.807) is 0 Å². The Labute approximate surface area is 174 Å². The normalized spacial score (nSPS) is 35.1. The Kier molecular flexibility index (Phi) is 4.50. The maximum Gasteiger partial charge on any atom is 0.290 e. The SMILES string of the molecule is [2H]CC1OC(N2C=C(Br)C(=O)CC2=O)CC1O[P@@]1OC[C@@H]2Cc3ccccc3N21. The van der Waals surface area contributed by atoms with E-state index in [1.807, 2.05) is 12.1 Å². The zero-order valence-electron chi connectivity index (χ0n) is 16.0. The molecule has 28 heavy (non-hydrogen) atoms. The maximum absolute atomic E-state index is 12.3. The van der Waals surface area contributed by atoms with Crippen LogP contribution in [0.4, 0.5) is 5.69 Å². The van der Waals surface area contributed by atoms with Crippen LogP contribution in [0.15, 0.2) is 34.9 Å². The monoisotopic (exact) mass is 467 g/mol. The van der Waals surface area contributed by atoms with Gasteiger partial charge in [0.25, 0.3) is 8.53 Å². The lowest BCUT2D eigenvalue weighted by molar-refractivity contribution is -0.142. The van der Waals surface area contributed by atoms with Crippen molar-refractivity contribution in [1.82, 2.24) is 4.90 Å². The molecule has 2 fully saturated rings. The van der Waals surface area contributed by atoms with Crippen molar-refractivity contribution in [1.29, 1.82) is 0 Å². The Balaban J connectivity index is 1.32. The lowest BCUT2D eigenvalue weighted by Gasteiger charge is -2.28. The molecule has 5 rings (SSSR count). The number of Topliss-reactive ketones (excluding diaryl/α,β-unsaturated/α-hetero) is 1. The van der Waals surface area contributed by atoms with Crippen molar-refractivity contribution in [2.75, 3.05) is 11.3 Å². The van der Waals surface area contributed by atoms with Gasteiger partial charge >= 0.3 is 0 Å². The third-order valence-electron chi connectivity index (χ3n) is 5.43. The number of benzene rings is 1. The van der Waals surface area contributed by atoms with Crippen LogP contribution in [0, 0.1) is 0 Å². The first-order chi connectivity index (χ1) is 14.0. The van der Waals surface area contributed by atoms with Crippen LogP contribution in [0.2, 0.25) is 0 Å². The third kappa shape index (κ3) is 3.12. The Morgan fingerprint density at radius 1 is 1.36 bits per heavy atom. The summed E-state index contributed by atoms with van der Waals surface area (Å²) in [5.74, 6) is -0.542. The van der Waals surface area contributed by atoms with E-state index < -0.39 is 20.9 Å². The summed E-state index contributed by atoms with van der Waals surface area (Å²) in [6.45, 7) is 0.640. The van der Waals surface area contributed by atoms with Gasteiger partial charge in [-0.1, -0.05) is 18.2 Å². The number of hydrogen-bond acceptors (Lipinski definition) is 6. The van der Waals surface area contributed by atoms with E-state index in [2.05, 4.69) is 32.7 Å². The molecule has 0 spiro atoms. The summed E-state index contributed by atoms with van der Waals surface area (Å²) >= 11 is 3.20. The number of nitrogens with zero attached hydrogens (tertiary/aromatic N) is 2. The summed E-state index contributed by atoms with van der Waals surface area (Å²) in [7, 11) is -1.29. The second-order valence-electron chi connectivity index (χ2n) is 7.25. The van der Waals surface area contributed by atoms with Crippen molar-refractivity contribution >= 4 is 41.8 Å². The average Bonchev–Trinajstić information content (AvgIpc) is 3.39. The number of para-hydroxylation sites is 1. The molecular weight excluding hydrogens is 447 g/mol. The molecule has 0 aromatic heterocycles. The molecule has 1 aromatic carbocycles. The first-order valence-corrected chi connectivity index (χ1v) is 11.1. The highest BCUT2D eigenvalue weighted by atomic mass is 79.9. The molecule has 0 N–H and O–H groups in total. The largest absolute Gasteiger partial charge is 0.352 e. The number of halogens is 1. The number of ether oxygens (including phenoxy) is 1. The number of hydrogen-bond donors (Lipinski definition) is 0. The van der Waals surface area contributed by atoms with Crippen LogP contribution in [-0.2, 0) is 29.8 Å². The summed E-state index contributed by atoms with van der Waals surface area (Å²) in [6, 6.07) is 8.56. The van der Waals surface area contributed by atoms with Gasteiger partial charge in [-0.3, -0.25) is 14.5 Å². The molecule has 3 unspecified atom stereocenters. The van der Waals surface area contributed by atoms with E-state index in [1.165, 1.54) is 16.7 Å². The molecule has 0 bridgehead atoms. The van der Waals surface area contributed by atoms with Gasteiger partial charge in [0.1, 0.15) is 6.23 Å². The van der Waals surface area contributed by atoms with Crippen molar-refractivity contribution in [2.24, 2.45) is 0 Å². The van der Waals surface area contributed by atoms with Crippen LogP contribution < -0.4 is 4.67 Å². The zero-order chi connectivity index (χ0) is 20.1. The smallest absolute Gasteiger partial charge is 0.290 e. The van der Waals surface area contributed by atoms with E-state index in [0.29, 0.717) is 17.5 Å². The minimum absolute atomic E-state index is 0.0240.